The molecule has 0 aromatic rings. The normalized spacial score (nSPS) is 39.2. The fourth-order valence-corrected chi connectivity index (χ4v) is 1.88. The minimum absolute atomic E-state index is 0.0920. The summed E-state index contributed by atoms with van der Waals surface area (Å²) in [5.41, 5.74) is 6.84. The van der Waals surface area contributed by atoms with E-state index >= 15 is 0 Å². The highest BCUT2D eigenvalue weighted by atomic mass is 16.3. The van der Waals surface area contributed by atoms with E-state index in [0.717, 1.165) is 24.8 Å². The third-order valence-corrected chi connectivity index (χ3v) is 2.42. The largest absolute Gasteiger partial charge is 0.393 e. The van der Waals surface area contributed by atoms with E-state index < -0.39 is 0 Å². The molecule has 2 unspecified atom stereocenters. The quantitative estimate of drug-likeness (QED) is 0.556. The lowest BCUT2D eigenvalue weighted by Gasteiger charge is -2.36. The van der Waals surface area contributed by atoms with Crippen molar-refractivity contribution < 1.29 is 5.11 Å². The highest BCUT2D eigenvalue weighted by molar-refractivity contribution is 5.06. The maximum atomic E-state index is 9.43. The van der Waals surface area contributed by atoms with Gasteiger partial charge in [-0.1, -0.05) is 19.1 Å². The summed E-state index contributed by atoms with van der Waals surface area (Å²) in [5.74, 6) is 0. The van der Waals surface area contributed by atoms with E-state index in [2.05, 4.69) is 13.5 Å². The van der Waals surface area contributed by atoms with Gasteiger partial charge in [-0.25, -0.2) is 0 Å². The molecule has 11 heavy (non-hydrogen) atoms. The molecule has 0 amide bonds. The van der Waals surface area contributed by atoms with Gasteiger partial charge in [0.1, 0.15) is 0 Å². The number of hydrogen-bond acceptors (Lipinski definition) is 2. The predicted octanol–water partition coefficient (Wildman–Crippen LogP) is 1.05. The van der Waals surface area contributed by atoms with Crippen molar-refractivity contribution in [3.05, 3.63) is 12.2 Å². The number of hydrogen-bond donors (Lipinski definition) is 2. The van der Waals surface area contributed by atoms with E-state index in [1.165, 1.54) is 0 Å². The number of nitrogens with two attached hydrogens (primary N) is 1. The Labute approximate surface area is 68.1 Å². The molecule has 1 aliphatic carbocycles. The predicted molar refractivity (Wildman–Crippen MR) is 46.2 cm³/mol. The van der Waals surface area contributed by atoms with Gasteiger partial charge in [-0.3, -0.25) is 0 Å². The standard InChI is InChI=1S/C9H17NO/c1-7-3-8(11)5-9(2,4-7)6-10/h8,11H,1,3-6,10H2,2H3. The van der Waals surface area contributed by atoms with Crippen LogP contribution in [0.25, 0.3) is 0 Å². The van der Waals surface area contributed by atoms with Gasteiger partial charge in [0.05, 0.1) is 6.10 Å². The van der Waals surface area contributed by atoms with Gasteiger partial charge in [-0.15, -0.1) is 0 Å². The van der Waals surface area contributed by atoms with E-state index in [1.807, 2.05) is 0 Å². The van der Waals surface area contributed by atoms with Crippen LogP contribution in [0.3, 0.4) is 0 Å². The molecule has 64 valence electrons. The minimum atomic E-state index is -0.218. The van der Waals surface area contributed by atoms with Crippen molar-refractivity contribution in [2.75, 3.05) is 6.54 Å². The zero-order chi connectivity index (χ0) is 8.48. The summed E-state index contributed by atoms with van der Waals surface area (Å²) in [7, 11) is 0. The Balaban J connectivity index is 2.62. The summed E-state index contributed by atoms with van der Waals surface area (Å²) in [6.07, 6.45) is 2.34. The minimum Gasteiger partial charge on any atom is -0.393 e. The Morgan fingerprint density at radius 1 is 1.82 bits per heavy atom. The van der Waals surface area contributed by atoms with Gasteiger partial charge in [0.25, 0.3) is 0 Å². The molecule has 1 fully saturated rings. The third kappa shape index (κ3) is 2.04. The molecule has 2 heteroatoms. The SMILES string of the molecule is C=C1CC(O)CC(C)(CN)C1. The molecular formula is C9H17NO. The second-order valence-corrected chi connectivity index (χ2v) is 4.00. The molecule has 1 rings (SSSR count). The average Bonchev–Trinajstić information content (AvgIpc) is 1.84. The summed E-state index contributed by atoms with van der Waals surface area (Å²) in [4.78, 5) is 0. The van der Waals surface area contributed by atoms with Gasteiger partial charge in [0.2, 0.25) is 0 Å². The van der Waals surface area contributed by atoms with Crippen LogP contribution >= 0.6 is 0 Å². The zero-order valence-corrected chi connectivity index (χ0v) is 7.14. The molecule has 1 aliphatic rings. The summed E-state index contributed by atoms with van der Waals surface area (Å²) in [6.45, 7) is 6.65. The molecule has 0 spiro atoms. The Hall–Kier alpha value is -0.340. The molecule has 0 aromatic heterocycles. The molecule has 0 heterocycles. The second kappa shape index (κ2) is 2.95. The van der Waals surface area contributed by atoms with Gasteiger partial charge in [0.15, 0.2) is 0 Å². The van der Waals surface area contributed by atoms with Crippen molar-refractivity contribution in [1.29, 1.82) is 0 Å². The highest BCUT2D eigenvalue weighted by Crippen LogP contribution is 2.37. The van der Waals surface area contributed by atoms with Crippen molar-refractivity contribution in [3.63, 3.8) is 0 Å². The van der Waals surface area contributed by atoms with Crippen LogP contribution in [0.1, 0.15) is 26.2 Å². The first-order chi connectivity index (χ1) is 5.06. The maximum Gasteiger partial charge on any atom is 0.0583 e. The van der Waals surface area contributed by atoms with Crippen LogP contribution in [0.15, 0.2) is 12.2 Å². The van der Waals surface area contributed by atoms with Crippen molar-refractivity contribution in [1.82, 2.24) is 0 Å². The second-order valence-electron chi connectivity index (χ2n) is 4.00. The smallest absolute Gasteiger partial charge is 0.0583 e. The van der Waals surface area contributed by atoms with E-state index in [4.69, 9.17) is 5.73 Å². The summed E-state index contributed by atoms with van der Waals surface area (Å²) >= 11 is 0. The van der Waals surface area contributed by atoms with Crippen LogP contribution in [-0.2, 0) is 0 Å². The maximum absolute atomic E-state index is 9.43. The van der Waals surface area contributed by atoms with Crippen LogP contribution in [0.2, 0.25) is 0 Å². The number of aliphatic hydroxyl groups is 1. The molecule has 1 saturated carbocycles. The van der Waals surface area contributed by atoms with Crippen LogP contribution in [0, 0.1) is 5.41 Å². The van der Waals surface area contributed by atoms with Gasteiger partial charge < -0.3 is 10.8 Å². The first-order valence-electron chi connectivity index (χ1n) is 4.10. The first-order valence-corrected chi connectivity index (χ1v) is 4.10. The van der Waals surface area contributed by atoms with E-state index in [1.54, 1.807) is 0 Å². The van der Waals surface area contributed by atoms with Gasteiger partial charge in [0, 0.05) is 0 Å². The van der Waals surface area contributed by atoms with Crippen molar-refractivity contribution >= 4 is 0 Å². The van der Waals surface area contributed by atoms with Crippen LogP contribution in [0.5, 0.6) is 0 Å². The highest BCUT2D eigenvalue weighted by Gasteiger charge is 2.31. The average molecular weight is 155 g/mol. The van der Waals surface area contributed by atoms with Gasteiger partial charge in [-0.05, 0) is 31.2 Å². The molecule has 2 atom stereocenters. The molecule has 0 aromatic carbocycles. The summed E-state index contributed by atoms with van der Waals surface area (Å²) < 4.78 is 0. The van der Waals surface area contributed by atoms with E-state index in [0.29, 0.717) is 6.54 Å². The molecule has 3 N–H and O–H groups in total. The third-order valence-electron chi connectivity index (χ3n) is 2.42. The molecule has 0 radical (unpaired) electrons. The van der Waals surface area contributed by atoms with Crippen LogP contribution in [-0.4, -0.2) is 17.8 Å². The fourth-order valence-electron chi connectivity index (χ4n) is 1.88. The Kier molecular flexibility index (Phi) is 2.35. The molecule has 0 bridgehead atoms. The van der Waals surface area contributed by atoms with E-state index in [9.17, 15) is 5.11 Å². The fraction of sp³-hybridized carbons (Fsp3) is 0.778. The van der Waals surface area contributed by atoms with Gasteiger partial charge >= 0.3 is 0 Å². The summed E-state index contributed by atoms with van der Waals surface area (Å²) in [6, 6.07) is 0. The Bertz CT molecular complexity index is 167. The topological polar surface area (TPSA) is 46.2 Å². The lowest BCUT2D eigenvalue weighted by Crippen LogP contribution is -2.35. The van der Waals surface area contributed by atoms with Crippen molar-refractivity contribution in [2.45, 2.75) is 32.3 Å². The van der Waals surface area contributed by atoms with Crippen LogP contribution < -0.4 is 5.73 Å². The summed E-state index contributed by atoms with van der Waals surface area (Å²) in [5, 5.41) is 9.43. The zero-order valence-electron chi connectivity index (χ0n) is 7.14. The van der Waals surface area contributed by atoms with Crippen molar-refractivity contribution in [2.24, 2.45) is 11.1 Å². The molecule has 0 saturated heterocycles. The lowest BCUT2D eigenvalue weighted by molar-refractivity contribution is 0.0856. The lowest BCUT2D eigenvalue weighted by atomic mass is 9.73. The van der Waals surface area contributed by atoms with Gasteiger partial charge in [-0.2, -0.15) is 0 Å². The first kappa shape index (κ1) is 8.75. The van der Waals surface area contributed by atoms with E-state index in [-0.39, 0.29) is 11.5 Å². The molecule has 0 aliphatic heterocycles. The number of aliphatic hydroxyl groups excluding tert-OH is 1. The van der Waals surface area contributed by atoms with Crippen LogP contribution in [0.4, 0.5) is 0 Å². The van der Waals surface area contributed by atoms with Crippen molar-refractivity contribution in [3.8, 4) is 0 Å². The number of rotatable bonds is 1. The molecule has 2 nitrogen and oxygen atoms in total. The Morgan fingerprint density at radius 2 is 2.45 bits per heavy atom. The molecular weight excluding hydrogens is 138 g/mol. The monoisotopic (exact) mass is 155 g/mol. The Morgan fingerprint density at radius 3 is 2.91 bits per heavy atom.